The Balaban J connectivity index is 1.60. The van der Waals surface area contributed by atoms with Crippen LogP contribution in [0.2, 0.25) is 0 Å². The summed E-state index contributed by atoms with van der Waals surface area (Å²) >= 11 is 0. The van der Waals surface area contributed by atoms with Gasteiger partial charge in [0.05, 0.1) is 5.69 Å². The number of nitrogens with zero attached hydrogens (tertiary/aromatic N) is 1. The van der Waals surface area contributed by atoms with Crippen LogP contribution in [-0.2, 0) is 4.57 Å². The van der Waals surface area contributed by atoms with Crippen molar-refractivity contribution >= 4 is 45.0 Å². The van der Waals surface area contributed by atoms with Crippen molar-refractivity contribution in [3.63, 3.8) is 0 Å². The zero-order valence-corrected chi connectivity index (χ0v) is 18.7. The number of furan rings is 1. The third-order valence-electron chi connectivity index (χ3n) is 6.02. The minimum Gasteiger partial charge on any atom is -0.456 e. The number of pyridine rings is 1. The summed E-state index contributed by atoms with van der Waals surface area (Å²) in [6.07, 6.45) is 1.79. The Labute approximate surface area is 191 Å². The Bertz CT molecular complexity index is 1580. The molecule has 4 aromatic carbocycles. The molecule has 158 valence electrons. The van der Waals surface area contributed by atoms with Gasteiger partial charge in [0.25, 0.3) is 0 Å². The van der Waals surface area contributed by atoms with Gasteiger partial charge >= 0.3 is 0 Å². The molecule has 0 unspecified atom stereocenters. The van der Waals surface area contributed by atoms with E-state index in [-0.39, 0.29) is 0 Å². The predicted molar refractivity (Wildman–Crippen MR) is 136 cm³/mol. The van der Waals surface area contributed by atoms with Gasteiger partial charge in [-0.2, -0.15) is 0 Å². The highest BCUT2D eigenvalue weighted by Crippen LogP contribution is 2.43. The monoisotopic (exact) mass is 445 g/mol. The van der Waals surface area contributed by atoms with Gasteiger partial charge in [0.15, 0.2) is 7.14 Å². The van der Waals surface area contributed by atoms with E-state index in [9.17, 15) is 4.57 Å². The van der Waals surface area contributed by atoms with Crippen molar-refractivity contribution in [3.8, 4) is 11.3 Å². The Morgan fingerprint density at radius 3 is 1.82 bits per heavy atom. The van der Waals surface area contributed by atoms with Gasteiger partial charge in [-0.3, -0.25) is 4.98 Å². The van der Waals surface area contributed by atoms with Crippen molar-refractivity contribution in [3.05, 3.63) is 121 Å². The second-order valence-corrected chi connectivity index (χ2v) is 10.8. The molecule has 0 atom stereocenters. The maximum atomic E-state index is 14.8. The first-order valence-corrected chi connectivity index (χ1v) is 12.5. The number of rotatable bonds is 4. The van der Waals surface area contributed by atoms with Crippen molar-refractivity contribution < 1.29 is 8.98 Å². The number of hydrogen-bond acceptors (Lipinski definition) is 3. The van der Waals surface area contributed by atoms with E-state index in [1.165, 1.54) is 0 Å². The van der Waals surface area contributed by atoms with Gasteiger partial charge < -0.3 is 8.98 Å². The molecule has 6 aromatic rings. The summed E-state index contributed by atoms with van der Waals surface area (Å²) in [5.74, 6) is 0. The molecular weight excluding hydrogens is 425 g/mol. The molecule has 0 amide bonds. The minimum absolute atomic E-state index is 0.777. The van der Waals surface area contributed by atoms with Crippen molar-refractivity contribution in [2.24, 2.45) is 0 Å². The van der Waals surface area contributed by atoms with Crippen molar-refractivity contribution in [1.82, 2.24) is 4.98 Å². The van der Waals surface area contributed by atoms with Crippen LogP contribution in [0, 0.1) is 0 Å². The van der Waals surface area contributed by atoms with E-state index in [1.54, 1.807) is 6.20 Å². The summed E-state index contributed by atoms with van der Waals surface area (Å²) in [7, 11) is -3.06. The van der Waals surface area contributed by atoms with Crippen LogP contribution < -0.4 is 15.9 Å². The highest BCUT2D eigenvalue weighted by atomic mass is 31.2. The van der Waals surface area contributed by atoms with Gasteiger partial charge in [-0.15, -0.1) is 0 Å². The molecule has 0 spiro atoms. The maximum Gasteiger partial charge on any atom is 0.171 e. The van der Waals surface area contributed by atoms with E-state index in [0.29, 0.717) is 0 Å². The Morgan fingerprint density at radius 1 is 0.576 bits per heavy atom. The first-order valence-electron chi connectivity index (χ1n) is 10.8. The fourth-order valence-electron chi connectivity index (χ4n) is 4.38. The second-order valence-electron chi connectivity index (χ2n) is 7.99. The largest absolute Gasteiger partial charge is 0.456 e. The van der Waals surface area contributed by atoms with E-state index in [4.69, 9.17) is 4.42 Å². The molecule has 0 saturated carbocycles. The minimum atomic E-state index is -3.06. The molecular formula is C29H20NO2P. The summed E-state index contributed by atoms with van der Waals surface area (Å²) in [5.41, 5.74) is 3.50. The lowest BCUT2D eigenvalue weighted by atomic mass is 10.1. The van der Waals surface area contributed by atoms with Crippen LogP contribution in [0.4, 0.5) is 0 Å². The van der Waals surface area contributed by atoms with Crippen LogP contribution in [0.5, 0.6) is 0 Å². The Hall–Kier alpha value is -3.94. The molecule has 4 heteroatoms. The van der Waals surface area contributed by atoms with Gasteiger partial charge in [0.1, 0.15) is 11.2 Å². The second kappa shape index (κ2) is 7.88. The van der Waals surface area contributed by atoms with E-state index in [0.717, 1.165) is 49.1 Å². The number of aromatic nitrogens is 1. The average Bonchev–Trinajstić information content (AvgIpc) is 3.27. The first-order chi connectivity index (χ1) is 16.2. The van der Waals surface area contributed by atoms with Crippen LogP contribution >= 0.6 is 7.14 Å². The fourth-order valence-corrected chi connectivity index (χ4v) is 7.05. The van der Waals surface area contributed by atoms with E-state index in [1.807, 2.05) is 109 Å². The lowest BCUT2D eigenvalue weighted by molar-refractivity contribution is 0.592. The summed E-state index contributed by atoms with van der Waals surface area (Å²) in [6, 6.07) is 37.3. The number of benzene rings is 4. The Morgan fingerprint density at radius 2 is 1.18 bits per heavy atom. The van der Waals surface area contributed by atoms with Crippen LogP contribution in [-0.4, -0.2) is 4.98 Å². The lowest BCUT2D eigenvalue weighted by Gasteiger charge is -2.20. The molecule has 0 aliphatic rings. The molecule has 2 aromatic heterocycles. The first kappa shape index (κ1) is 19.7. The van der Waals surface area contributed by atoms with E-state index < -0.39 is 7.14 Å². The molecule has 0 radical (unpaired) electrons. The van der Waals surface area contributed by atoms with E-state index in [2.05, 4.69) is 11.1 Å². The topological polar surface area (TPSA) is 43.1 Å². The number of fused-ring (bicyclic) bond motifs is 3. The van der Waals surface area contributed by atoms with Crippen LogP contribution in [0.25, 0.3) is 33.2 Å². The highest BCUT2D eigenvalue weighted by molar-refractivity contribution is 7.85. The molecule has 33 heavy (non-hydrogen) atoms. The molecule has 0 aliphatic carbocycles. The molecule has 0 N–H and O–H groups in total. The summed E-state index contributed by atoms with van der Waals surface area (Å²) in [4.78, 5) is 4.48. The van der Waals surface area contributed by atoms with Crippen LogP contribution in [0.15, 0.2) is 126 Å². The van der Waals surface area contributed by atoms with Crippen LogP contribution in [0.3, 0.4) is 0 Å². The Kier molecular flexibility index (Phi) is 4.71. The van der Waals surface area contributed by atoms with E-state index >= 15 is 0 Å². The SMILES string of the molecule is O=P(c1ccccc1)(c1ccccc1)c1ccc2oc3ccc(-c4ccccn4)cc3c2c1. The lowest BCUT2D eigenvalue weighted by Crippen LogP contribution is -2.24. The maximum absolute atomic E-state index is 14.8. The quantitative estimate of drug-likeness (QED) is 0.300. The molecule has 0 bridgehead atoms. The molecule has 0 aliphatic heterocycles. The third-order valence-corrected chi connectivity index (χ3v) is 9.07. The summed E-state index contributed by atoms with van der Waals surface area (Å²) in [5, 5.41) is 4.36. The zero-order valence-electron chi connectivity index (χ0n) is 17.8. The van der Waals surface area contributed by atoms with Gasteiger partial charge in [-0.1, -0.05) is 66.7 Å². The molecule has 3 nitrogen and oxygen atoms in total. The third kappa shape index (κ3) is 3.29. The van der Waals surface area contributed by atoms with Gasteiger partial charge in [0, 0.05) is 38.4 Å². The smallest absolute Gasteiger partial charge is 0.171 e. The number of hydrogen-bond donors (Lipinski definition) is 0. The molecule has 0 fully saturated rings. The molecule has 6 rings (SSSR count). The van der Waals surface area contributed by atoms with Crippen molar-refractivity contribution in [2.45, 2.75) is 0 Å². The van der Waals surface area contributed by atoms with Crippen molar-refractivity contribution in [2.75, 3.05) is 0 Å². The van der Waals surface area contributed by atoms with Gasteiger partial charge in [-0.25, -0.2) is 0 Å². The average molecular weight is 445 g/mol. The fraction of sp³-hybridized carbons (Fsp3) is 0. The molecule has 0 saturated heterocycles. The molecule has 2 heterocycles. The van der Waals surface area contributed by atoms with Crippen molar-refractivity contribution in [1.29, 1.82) is 0 Å². The van der Waals surface area contributed by atoms with Crippen LogP contribution in [0.1, 0.15) is 0 Å². The summed E-state index contributed by atoms with van der Waals surface area (Å²) < 4.78 is 20.9. The zero-order chi connectivity index (χ0) is 22.3. The van der Waals surface area contributed by atoms with Gasteiger partial charge in [0.2, 0.25) is 0 Å². The standard InChI is InChI=1S/C29H20NO2P/c31-33(22-9-3-1-4-10-22,23-11-5-2-6-12-23)24-15-17-29-26(20-24)25-19-21(14-16-28(25)32-29)27-13-7-8-18-30-27/h1-20H. The highest BCUT2D eigenvalue weighted by Gasteiger charge is 2.30. The normalized spacial score (nSPS) is 11.8. The van der Waals surface area contributed by atoms with Gasteiger partial charge in [-0.05, 0) is 48.5 Å². The summed E-state index contributed by atoms with van der Waals surface area (Å²) in [6.45, 7) is 0. The predicted octanol–water partition coefficient (Wildman–Crippen LogP) is 6.29.